The van der Waals surface area contributed by atoms with Crippen molar-refractivity contribution >= 4 is 45.0 Å². The summed E-state index contributed by atoms with van der Waals surface area (Å²) in [7, 11) is 0. The normalized spacial score (nSPS) is 12.2. The van der Waals surface area contributed by atoms with Crippen LogP contribution in [0.1, 0.15) is 5.56 Å². The number of rotatable bonds is 1. The topological polar surface area (TPSA) is 28.7 Å². The minimum Gasteiger partial charge on any atom is -0.338 e. The zero-order valence-electron chi connectivity index (χ0n) is 9.25. The number of hydrogen-bond donors (Lipinski definition) is 1. The van der Waals surface area contributed by atoms with Gasteiger partial charge in [-0.1, -0.05) is 0 Å². The van der Waals surface area contributed by atoms with Crippen LogP contribution in [-0.4, -0.2) is 9.97 Å². The van der Waals surface area contributed by atoms with Crippen molar-refractivity contribution in [2.75, 3.05) is 0 Å². The van der Waals surface area contributed by atoms with Crippen LogP contribution in [0.2, 0.25) is 0 Å². The highest BCUT2D eigenvalue weighted by atomic mass is 127. The van der Waals surface area contributed by atoms with Crippen molar-refractivity contribution in [1.29, 1.82) is 0 Å². The Bertz CT molecular complexity index is 745. The molecule has 0 saturated heterocycles. The molecule has 0 aliphatic carbocycles. The summed E-state index contributed by atoms with van der Waals surface area (Å²) in [6.45, 7) is 0. The van der Waals surface area contributed by atoms with E-state index in [0.717, 1.165) is 20.6 Å². The van der Waals surface area contributed by atoms with Crippen LogP contribution in [0.15, 0.2) is 29.6 Å². The van der Waals surface area contributed by atoms with E-state index in [1.807, 2.05) is 11.4 Å². The van der Waals surface area contributed by atoms with Gasteiger partial charge < -0.3 is 4.98 Å². The third-order valence-electron chi connectivity index (χ3n) is 2.65. The number of halogens is 4. The summed E-state index contributed by atoms with van der Waals surface area (Å²) in [6, 6.07) is 5.45. The fourth-order valence-electron chi connectivity index (χ4n) is 1.76. The lowest BCUT2D eigenvalue weighted by Gasteiger charge is -2.05. The van der Waals surface area contributed by atoms with Crippen molar-refractivity contribution < 1.29 is 13.2 Å². The van der Waals surface area contributed by atoms with E-state index in [1.54, 1.807) is 11.3 Å². The van der Waals surface area contributed by atoms with Crippen molar-refractivity contribution in [3.05, 3.63) is 38.1 Å². The Morgan fingerprint density at radius 2 is 2.00 bits per heavy atom. The van der Waals surface area contributed by atoms with E-state index in [2.05, 4.69) is 32.6 Å². The molecule has 1 aromatic carbocycles. The average Bonchev–Trinajstić information content (AvgIpc) is 2.92. The van der Waals surface area contributed by atoms with Gasteiger partial charge >= 0.3 is 6.18 Å². The second kappa shape index (κ2) is 4.48. The summed E-state index contributed by atoms with van der Waals surface area (Å²) in [4.78, 5) is 7.23. The zero-order chi connectivity index (χ0) is 13.6. The van der Waals surface area contributed by atoms with Crippen LogP contribution in [0.5, 0.6) is 0 Å². The zero-order valence-corrected chi connectivity index (χ0v) is 12.2. The number of aromatic amines is 1. The minimum absolute atomic E-state index is 0.394. The molecule has 0 atom stereocenters. The van der Waals surface area contributed by atoms with E-state index >= 15 is 0 Å². The third kappa shape index (κ3) is 2.48. The molecule has 1 N–H and O–H groups in total. The maximum absolute atomic E-state index is 12.6. The highest BCUT2D eigenvalue weighted by molar-refractivity contribution is 14.1. The lowest BCUT2D eigenvalue weighted by atomic mass is 10.2. The fourth-order valence-corrected chi connectivity index (χ4v) is 3.09. The third-order valence-corrected chi connectivity index (χ3v) is 4.44. The Morgan fingerprint density at radius 1 is 1.21 bits per heavy atom. The van der Waals surface area contributed by atoms with E-state index in [-0.39, 0.29) is 0 Å². The number of H-pyrrole nitrogens is 1. The number of benzene rings is 1. The van der Waals surface area contributed by atoms with Gasteiger partial charge in [-0.3, -0.25) is 0 Å². The molecular weight excluding hydrogens is 388 g/mol. The second-order valence-corrected chi connectivity index (χ2v) is 6.76. The molecule has 2 heterocycles. The molecule has 0 spiro atoms. The second-order valence-electron chi connectivity index (χ2n) is 3.95. The van der Waals surface area contributed by atoms with Gasteiger partial charge in [0, 0.05) is 10.9 Å². The summed E-state index contributed by atoms with van der Waals surface area (Å²) in [5, 5.41) is 1.92. The molecule has 0 fully saturated rings. The fraction of sp³-hybridized carbons (Fsp3) is 0.0833. The van der Waals surface area contributed by atoms with Crippen LogP contribution in [-0.2, 0) is 6.18 Å². The van der Waals surface area contributed by atoms with Crippen molar-refractivity contribution in [3.8, 4) is 11.4 Å². The Hall–Kier alpha value is -1.09. The lowest BCUT2D eigenvalue weighted by molar-refractivity contribution is -0.137. The van der Waals surface area contributed by atoms with Crippen molar-refractivity contribution in [1.82, 2.24) is 9.97 Å². The van der Waals surface area contributed by atoms with E-state index in [9.17, 15) is 13.2 Å². The summed E-state index contributed by atoms with van der Waals surface area (Å²) in [5.74, 6) is 0.591. The van der Waals surface area contributed by atoms with Gasteiger partial charge in [-0.15, -0.1) is 11.3 Å². The number of imidazole rings is 1. The van der Waals surface area contributed by atoms with Crippen LogP contribution in [0.3, 0.4) is 0 Å². The Kier molecular flexibility index (Phi) is 3.05. The maximum Gasteiger partial charge on any atom is 0.416 e. The van der Waals surface area contributed by atoms with E-state index in [0.29, 0.717) is 16.9 Å². The van der Waals surface area contributed by atoms with Gasteiger partial charge in [0.1, 0.15) is 5.82 Å². The molecule has 0 bridgehead atoms. The molecule has 0 aliphatic rings. The molecule has 2 aromatic heterocycles. The Labute approximate surface area is 123 Å². The first-order chi connectivity index (χ1) is 8.93. The van der Waals surface area contributed by atoms with Crippen LogP contribution in [0, 0.1) is 2.88 Å². The van der Waals surface area contributed by atoms with E-state index in [4.69, 9.17) is 0 Å². The first kappa shape index (κ1) is 12.9. The molecule has 3 rings (SSSR count). The van der Waals surface area contributed by atoms with E-state index < -0.39 is 11.7 Å². The summed E-state index contributed by atoms with van der Waals surface area (Å²) in [6.07, 6.45) is -4.34. The molecule has 0 saturated carbocycles. The van der Waals surface area contributed by atoms with Crippen molar-refractivity contribution in [2.45, 2.75) is 6.18 Å². The van der Waals surface area contributed by atoms with Crippen molar-refractivity contribution in [2.24, 2.45) is 0 Å². The molecule has 3 aromatic rings. The first-order valence-electron chi connectivity index (χ1n) is 5.25. The van der Waals surface area contributed by atoms with Gasteiger partial charge in [0.05, 0.1) is 19.5 Å². The number of alkyl halides is 3. The Morgan fingerprint density at radius 3 is 2.63 bits per heavy atom. The van der Waals surface area contributed by atoms with Crippen LogP contribution in [0.25, 0.3) is 22.4 Å². The quantitative estimate of drug-likeness (QED) is 0.584. The van der Waals surface area contributed by atoms with Gasteiger partial charge in [0.15, 0.2) is 0 Å². The standard InChI is InChI=1S/C12H6F3IN2S/c13-12(14,15)7-1-2-8-9(4-7)18-11(17-8)6-3-10(16)19-5-6/h1-5H,(H,17,18). The number of hydrogen-bond acceptors (Lipinski definition) is 2. The molecule has 0 radical (unpaired) electrons. The smallest absolute Gasteiger partial charge is 0.338 e. The van der Waals surface area contributed by atoms with E-state index in [1.165, 1.54) is 6.07 Å². The van der Waals surface area contributed by atoms with Gasteiger partial charge in [0.2, 0.25) is 0 Å². The van der Waals surface area contributed by atoms with Gasteiger partial charge in [-0.25, -0.2) is 4.98 Å². The van der Waals surface area contributed by atoms with Gasteiger partial charge in [-0.05, 0) is 46.9 Å². The average molecular weight is 394 g/mol. The van der Waals surface area contributed by atoms with Crippen LogP contribution in [0.4, 0.5) is 13.2 Å². The predicted octanol–water partition coefficient (Wildman–Crippen LogP) is 4.91. The minimum atomic E-state index is -4.34. The molecule has 19 heavy (non-hydrogen) atoms. The first-order valence-corrected chi connectivity index (χ1v) is 7.21. The predicted molar refractivity (Wildman–Crippen MR) is 77.1 cm³/mol. The summed E-state index contributed by atoms with van der Waals surface area (Å²) in [5.41, 5.74) is 1.14. The molecule has 0 aliphatic heterocycles. The van der Waals surface area contributed by atoms with Gasteiger partial charge in [0.25, 0.3) is 0 Å². The summed E-state index contributed by atoms with van der Waals surface area (Å²) < 4.78 is 38.9. The van der Waals surface area contributed by atoms with Gasteiger partial charge in [-0.2, -0.15) is 13.2 Å². The number of nitrogens with zero attached hydrogens (tertiary/aromatic N) is 1. The molecule has 7 heteroatoms. The van der Waals surface area contributed by atoms with Crippen molar-refractivity contribution in [3.63, 3.8) is 0 Å². The maximum atomic E-state index is 12.6. The van der Waals surface area contributed by atoms with Crippen LogP contribution >= 0.6 is 33.9 Å². The van der Waals surface area contributed by atoms with Crippen LogP contribution < -0.4 is 0 Å². The monoisotopic (exact) mass is 394 g/mol. The molecule has 2 nitrogen and oxygen atoms in total. The molecule has 0 unspecified atom stereocenters. The number of fused-ring (bicyclic) bond motifs is 1. The SMILES string of the molecule is FC(F)(F)c1ccc2nc(-c3csc(I)c3)[nH]c2c1. The number of thiophene rings is 1. The highest BCUT2D eigenvalue weighted by Gasteiger charge is 2.30. The highest BCUT2D eigenvalue weighted by Crippen LogP contribution is 2.32. The molecule has 98 valence electrons. The molecule has 0 amide bonds. The molecular formula is C12H6F3IN2S. The Balaban J connectivity index is 2.11. The number of nitrogens with one attached hydrogen (secondary N) is 1. The lowest BCUT2D eigenvalue weighted by Crippen LogP contribution is -2.04. The largest absolute Gasteiger partial charge is 0.416 e. The summed E-state index contributed by atoms with van der Waals surface area (Å²) >= 11 is 3.75. The number of aromatic nitrogens is 2.